The highest BCUT2D eigenvalue weighted by Gasteiger charge is 2.20. The molecule has 0 aliphatic carbocycles. The van der Waals surface area contributed by atoms with Gasteiger partial charge in [0.2, 0.25) is 0 Å². The van der Waals surface area contributed by atoms with Gasteiger partial charge in [-0.15, -0.1) is 0 Å². The van der Waals surface area contributed by atoms with E-state index in [0.717, 1.165) is 12.2 Å². The number of rotatable bonds is 8. The van der Waals surface area contributed by atoms with Crippen LogP contribution in [0, 0.1) is 5.92 Å². The van der Waals surface area contributed by atoms with Crippen LogP contribution in [-0.2, 0) is 11.8 Å². The third-order valence-corrected chi connectivity index (χ3v) is 4.02. The highest BCUT2D eigenvalue weighted by Crippen LogP contribution is 2.33. The first kappa shape index (κ1) is 20.0. The van der Waals surface area contributed by atoms with Gasteiger partial charge in [0.1, 0.15) is 5.75 Å². The quantitative estimate of drug-likeness (QED) is 0.758. The minimum atomic E-state index is -0.657. The highest BCUT2D eigenvalue weighted by atomic mass is 16.5. The molecule has 3 heteroatoms. The van der Waals surface area contributed by atoms with Crippen molar-refractivity contribution >= 4 is 0 Å². The van der Waals surface area contributed by atoms with Crippen LogP contribution in [0.1, 0.15) is 65.5 Å². The van der Waals surface area contributed by atoms with Gasteiger partial charge in [0, 0.05) is 0 Å². The Morgan fingerprint density at radius 2 is 1.74 bits per heavy atom. The number of aliphatic hydroxyl groups is 2. The van der Waals surface area contributed by atoms with Crippen molar-refractivity contribution in [3.8, 4) is 5.75 Å². The van der Waals surface area contributed by atoms with Crippen LogP contribution in [0.25, 0.3) is 0 Å². The van der Waals surface area contributed by atoms with Gasteiger partial charge in [-0.25, -0.2) is 0 Å². The van der Waals surface area contributed by atoms with Crippen LogP contribution < -0.4 is 4.74 Å². The highest BCUT2D eigenvalue weighted by molar-refractivity contribution is 5.41. The van der Waals surface area contributed by atoms with Crippen molar-refractivity contribution in [2.24, 2.45) is 5.92 Å². The summed E-state index contributed by atoms with van der Waals surface area (Å²) in [6.07, 6.45) is 0.619. The summed E-state index contributed by atoms with van der Waals surface area (Å²) in [5, 5.41) is 19.6. The van der Waals surface area contributed by atoms with Crippen molar-refractivity contribution in [2.75, 3.05) is 6.61 Å². The Balaban J connectivity index is 2.87. The zero-order chi connectivity index (χ0) is 17.6. The van der Waals surface area contributed by atoms with E-state index in [0.29, 0.717) is 25.4 Å². The third kappa shape index (κ3) is 6.52. The van der Waals surface area contributed by atoms with Crippen LogP contribution in [0.4, 0.5) is 0 Å². The SMILES string of the molecule is CCC(O)C(O)CCc1ccc(OCC(C)C)c(C(C)(C)C)c1. The second-order valence-electron chi connectivity index (χ2n) is 7.87. The first-order valence-corrected chi connectivity index (χ1v) is 8.77. The van der Waals surface area contributed by atoms with Crippen molar-refractivity contribution < 1.29 is 14.9 Å². The Kier molecular flexibility index (Phi) is 7.56. The average Bonchev–Trinajstić information content (AvgIpc) is 2.49. The summed E-state index contributed by atoms with van der Waals surface area (Å²) in [6.45, 7) is 13.4. The van der Waals surface area contributed by atoms with Gasteiger partial charge >= 0.3 is 0 Å². The fourth-order valence-corrected chi connectivity index (χ4v) is 2.48. The van der Waals surface area contributed by atoms with E-state index in [1.165, 1.54) is 11.1 Å². The number of hydrogen-bond donors (Lipinski definition) is 2. The Labute approximate surface area is 141 Å². The molecule has 0 heterocycles. The van der Waals surface area contributed by atoms with Gasteiger partial charge in [-0.1, -0.05) is 53.7 Å². The monoisotopic (exact) mass is 322 g/mol. The average molecular weight is 322 g/mol. The molecule has 23 heavy (non-hydrogen) atoms. The summed E-state index contributed by atoms with van der Waals surface area (Å²) in [6, 6.07) is 6.29. The van der Waals surface area contributed by atoms with E-state index in [-0.39, 0.29) is 5.41 Å². The molecule has 0 bridgehead atoms. The number of aliphatic hydroxyl groups excluding tert-OH is 2. The van der Waals surface area contributed by atoms with Crippen molar-refractivity contribution in [3.05, 3.63) is 29.3 Å². The maximum atomic E-state index is 9.93. The maximum absolute atomic E-state index is 9.93. The molecule has 1 aromatic carbocycles. The number of benzene rings is 1. The van der Waals surface area contributed by atoms with Crippen LogP contribution in [0.3, 0.4) is 0 Å². The Bertz CT molecular complexity index is 474. The smallest absolute Gasteiger partial charge is 0.123 e. The Morgan fingerprint density at radius 3 is 2.26 bits per heavy atom. The normalized spacial score (nSPS) is 14.8. The summed E-state index contributed by atoms with van der Waals surface area (Å²) in [7, 11) is 0. The lowest BCUT2D eigenvalue weighted by Gasteiger charge is -2.24. The van der Waals surface area contributed by atoms with Gasteiger partial charge in [0.05, 0.1) is 18.8 Å². The van der Waals surface area contributed by atoms with Gasteiger partial charge in [0.15, 0.2) is 0 Å². The van der Waals surface area contributed by atoms with E-state index in [9.17, 15) is 10.2 Å². The summed E-state index contributed by atoms with van der Waals surface area (Å²) in [4.78, 5) is 0. The predicted octanol–water partition coefficient (Wildman–Crippen LogP) is 4.08. The van der Waals surface area contributed by atoms with E-state index < -0.39 is 12.2 Å². The van der Waals surface area contributed by atoms with Crippen LogP contribution in [-0.4, -0.2) is 29.0 Å². The molecule has 0 aliphatic heterocycles. The molecule has 0 saturated heterocycles. The number of aryl methyl sites for hydroxylation is 1. The molecule has 0 spiro atoms. The lowest BCUT2D eigenvalue weighted by atomic mass is 9.84. The van der Waals surface area contributed by atoms with Gasteiger partial charge in [-0.2, -0.15) is 0 Å². The topological polar surface area (TPSA) is 49.7 Å². The molecular weight excluding hydrogens is 288 g/mol. The van der Waals surface area contributed by atoms with E-state index in [1.807, 2.05) is 13.0 Å². The van der Waals surface area contributed by atoms with Crippen molar-refractivity contribution in [1.82, 2.24) is 0 Å². The van der Waals surface area contributed by atoms with E-state index in [2.05, 4.69) is 46.8 Å². The van der Waals surface area contributed by atoms with Crippen molar-refractivity contribution in [1.29, 1.82) is 0 Å². The fourth-order valence-electron chi connectivity index (χ4n) is 2.48. The summed E-state index contributed by atoms with van der Waals surface area (Å²) in [5.74, 6) is 1.44. The standard InChI is InChI=1S/C20H34O3/c1-7-17(21)18(22)10-8-15-9-11-19(23-13-14(2)3)16(12-15)20(4,5)6/h9,11-12,14,17-18,21-22H,7-8,10,13H2,1-6H3. The second-order valence-corrected chi connectivity index (χ2v) is 7.87. The number of hydrogen-bond acceptors (Lipinski definition) is 3. The molecule has 0 radical (unpaired) electrons. The summed E-state index contributed by atoms with van der Waals surface area (Å²) < 4.78 is 5.97. The lowest BCUT2D eigenvalue weighted by molar-refractivity contribution is 0.0130. The van der Waals surface area contributed by atoms with Crippen LogP contribution in [0.15, 0.2) is 18.2 Å². The molecule has 2 N–H and O–H groups in total. The molecule has 1 aromatic rings. The lowest BCUT2D eigenvalue weighted by Crippen LogP contribution is -2.25. The predicted molar refractivity (Wildman–Crippen MR) is 96.1 cm³/mol. The minimum Gasteiger partial charge on any atom is -0.493 e. The molecule has 2 unspecified atom stereocenters. The molecule has 0 aromatic heterocycles. The molecule has 0 amide bonds. The Morgan fingerprint density at radius 1 is 1.09 bits per heavy atom. The van der Waals surface area contributed by atoms with E-state index in [4.69, 9.17) is 4.74 Å². The molecule has 0 saturated carbocycles. The third-order valence-electron chi connectivity index (χ3n) is 4.02. The van der Waals surface area contributed by atoms with Gasteiger partial charge in [-0.3, -0.25) is 0 Å². The summed E-state index contributed by atoms with van der Waals surface area (Å²) >= 11 is 0. The minimum absolute atomic E-state index is 0.00384. The molecule has 0 aliphatic rings. The molecule has 132 valence electrons. The second kappa shape index (κ2) is 8.70. The van der Waals surface area contributed by atoms with E-state index in [1.54, 1.807) is 0 Å². The largest absolute Gasteiger partial charge is 0.493 e. The molecule has 2 atom stereocenters. The van der Waals surface area contributed by atoms with Crippen LogP contribution >= 0.6 is 0 Å². The first-order chi connectivity index (χ1) is 10.6. The maximum Gasteiger partial charge on any atom is 0.123 e. The van der Waals surface area contributed by atoms with Gasteiger partial charge in [0.25, 0.3) is 0 Å². The Hall–Kier alpha value is -1.06. The zero-order valence-corrected chi connectivity index (χ0v) is 15.6. The first-order valence-electron chi connectivity index (χ1n) is 8.77. The molecule has 3 nitrogen and oxygen atoms in total. The molecular formula is C20H34O3. The molecule has 0 fully saturated rings. The van der Waals surface area contributed by atoms with E-state index >= 15 is 0 Å². The van der Waals surface area contributed by atoms with Crippen LogP contribution in [0.2, 0.25) is 0 Å². The molecule has 1 rings (SSSR count). The van der Waals surface area contributed by atoms with Gasteiger partial charge in [-0.05, 0) is 47.8 Å². The van der Waals surface area contributed by atoms with Crippen molar-refractivity contribution in [2.45, 2.75) is 78.4 Å². The zero-order valence-electron chi connectivity index (χ0n) is 15.6. The van der Waals surface area contributed by atoms with Crippen LogP contribution in [0.5, 0.6) is 5.75 Å². The van der Waals surface area contributed by atoms with Gasteiger partial charge < -0.3 is 14.9 Å². The number of ether oxygens (including phenoxy) is 1. The van der Waals surface area contributed by atoms with Crippen molar-refractivity contribution in [3.63, 3.8) is 0 Å². The fraction of sp³-hybridized carbons (Fsp3) is 0.700. The summed E-state index contributed by atoms with van der Waals surface area (Å²) in [5.41, 5.74) is 2.37.